The van der Waals surface area contributed by atoms with Crippen molar-refractivity contribution in [2.24, 2.45) is 0 Å². The van der Waals surface area contributed by atoms with Crippen LogP contribution >= 0.6 is 23.1 Å². The lowest BCUT2D eigenvalue weighted by Crippen LogP contribution is -2.30. The second-order valence-electron chi connectivity index (χ2n) is 10.5. The number of thiazole rings is 1. The monoisotopic (exact) mass is 694 g/mol. The van der Waals surface area contributed by atoms with Gasteiger partial charge in [0, 0.05) is 32.7 Å². The van der Waals surface area contributed by atoms with E-state index in [9.17, 15) is 14.4 Å². The van der Waals surface area contributed by atoms with Crippen LogP contribution in [0.4, 0.5) is 10.8 Å². The third-order valence-corrected chi connectivity index (χ3v) is 9.05. The van der Waals surface area contributed by atoms with Crippen LogP contribution in [0.15, 0.2) is 113 Å². The van der Waals surface area contributed by atoms with Gasteiger partial charge in [-0.3, -0.25) is 14.4 Å². The molecular weight excluding hydrogens is 661 g/mol. The molecule has 0 saturated carbocycles. The van der Waals surface area contributed by atoms with Crippen molar-refractivity contribution in [1.82, 2.24) is 10.3 Å². The normalized spacial score (nSPS) is 11.6. The van der Waals surface area contributed by atoms with Gasteiger partial charge in [-0.2, -0.15) is 0 Å². The Labute approximate surface area is 292 Å². The van der Waals surface area contributed by atoms with Crippen LogP contribution in [-0.4, -0.2) is 49.3 Å². The zero-order valence-electron chi connectivity index (χ0n) is 27.2. The van der Waals surface area contributed by atoms with E-state index in [1.165, 1.54) is 30.2 Å². The summed E-state index contributed by atoms with van der Waals surface area (Å²) >= 11 is 2.70. The highest BCUT2D eigenvalue weighted by Crippen LogP contribution is 2.34. The first kappa shape index (κ1) is 34.7. The number of hydrogen-bond acceptors (Lipinski definition) is 9. The Bertz CT molecular complexity index is 1960. The summed E-state index contributed by atoms with van der Waals surface area (Å²) in [6.07, 6.45) is 1.57. The maximum absolute atomic E-state index is 13.5. The predicted molar refractivity (Wildman–Crippen MR) is 195 cm³/mol. The highest BCUT2D eigenvalue weighted by Gasteiger charge is 2.19. The molecule has 12 heteroatoms. The number of carbonyl (C=O) groups is 3. The topological polar surface area (TPSA) is 128 Å². The van der Waals surface area contributed by atoms with Gasteiger partial charge in [-0.25, -0.2) is 4.98 Å². The Morgan fingerprint density at radius 2 is 1.49 bits per heavy atom. The van der Waals surface area contributed by atoms with Crippen molar-refractivity contribution in [3.63, 3.8) is 0 Å². The van der Waals surface area contributed by atoms with Gasteiger partial charge in [0.1, 0.15) is 11.4 Å². The molecule has 250 valence electrons. The summed E-state index contributed by atoms with van der Waals surface area (Å²) in [5.74, 6) is 0.624. The van der Waals surface area contributed by atoms with E-state index in [-0.39, 0.29) is 11.6 Å². The summed E-state index contributed by atoms with van der Waals surface area (Å²) < 4.78 is 16.1. The second-order valence-corrected chi connectivity index (χ2v) is 12.7. The Balaban J connectivity index is 1.22. The maximum atomic E-state index is 13.5. The minimum Gasteiger partial charge on any atom is -0.496 e. The standard InChI is InChI=1S/C37H34N4O6S2/c1-23(34(42)41-37-40-30(22-48-37)25-14-19-32(46-3)33(21-25)47-4)49-28-17-15-27(16-18-28)38-36(44)29(20-26-12-8-9-13-31(26)45-2)39-35(43)24-10-6-5-7-11-24/h5-23H,1-4H3,(H,38,44)(H,39,43)(H,40,41,42)/b29-20-. The first-order chi connectivity index (χ1) is 23.8. The molecule has 0 radical (unpaired) electrons. The van der Waals surface area contributed by atoms with Crippen LogP contribution in [0.2, 0.25) is 0 Å². The van der Waals surface area contributed by atoms with Gasteiger partial charge in [0.15, 0.2) is 16.6 Å². The third kappa shape index (κ3) is 9.06. The van der Waals surface area contributed by atoms with E-state index in [0.717, 1.165) is 10.5 Å². The number of para-hydroxylation sites is 1. The Hall–Kier alpha value is -5.59. The average Bonchev–Trinajstić information content (AvgIpc) is 3.60. The largest absolute Gasteiger partial charge is 0.496 e. The van der Waals surface area contributed by atoms with Crippen LogP contribution < -0.4 is 30.2 Å². The van der Waals surface area contributed by atoms with Crippen molar-refractivity contribution < 1.29 is 28.6 Å². The van der Waals surface area contributed by atoms with Gasteiger partial charge in [-0.15, -0.1) is 23.1 Å². The van der Waals surface area contributed by atoms with Gasteiger partial charge in [0.25, 0.3) is 11.8 Å². The second kappa shape index (κ2) is 16.5. The molecule has 0 bridgehead atoms. The van der Waals surface area contributed by atoms with E-state index in [2.05, 4.69) is 20.9 Å². The van der Waals surface area contributed by atoms with Crippen LogP contribution in [0.3, 0.4) is 0 Å². The summed E-state index contributed by atoms with van der Waals surface area (Å²) in [4.78, 5) is 44.8. The molecule has 0 saturated heterocycles. The van der Waals surface area contributed by atoms with Crippen LogP contribution in [0.25, 0.3) is 17.3 Å². The molecule has 0 aliphatic rings. The minimum atomic E-state index is -0.515. The molecule has 3 N–H and O–H groups in total. The highest BCUT2D eigenvalue weighted by atomic mass is 32.2. The van der Waals surface area contributed by atoms with Gasteiger partial charge in [-0.1, -0.05) is 36.4 Å². The van der Waals surface area contributed by atoms with E-state index < -0.39 is 17.1 Å². The molecule has 49 heavy (non-hydrogen) atoms. The number of nitrogens with zero attached hydrogens (tertiary/aromatic N) is 1. The van der Waals surface area contributed by atoms with Crippen LogP contribution in [0.5, 0.6) is 17.2 Å². The number of ether oxygens (including phenoxy) is 3. The fraction of sp³-hybridized carbons (Fsp3) is 0.135. The number of nitrogens with one attached hydrogen (secondary N) is 3. The molecule has 10 nitrogen and oxygen atoms in total. The van der Waals surface area contributed by atoms with E-state index in [0.29, 0.717) is 44.9 Å². The summed E-state index contributed by atoms with van der Waals surface area (Å²) in [6.45, 7) is 1.81. The van der Waals surface area contributed by atoms with Crippen LogP contribution in [0, 0.1) is 0 Å². The molecular formula is C37H34N4O6S2. The van der Waals surface area contributed by atoms with Gasteiger partial charge >= 0.3 is 0 Å². The molecule has 0 aliphatic carbocycles. The fourth-order valence-corrected chi connectivity index (χ4v) is 6.21. The van der Waals surface area contributed by atoms with Crippen molar-refractivity contribution in [1.29, 1.82) is 0 Å². The lowest BCUT2D eigenvalue weighted by molar-refractivity contribution is -0.115. The minimum absolute atomic E-state index is 0.0403. The number of amides is 3. The number of carbonyl (C=O) groups excluding carboxylic acids is 3. The van der Waals surface area contributed by atoms with Gasteiger partial charge in [-0.05, 0) is 73.7 Å². The van der Waals surface area contributed by atoms with Crippen molar-refractivity contribution in [3.8, 4) is 28.5 Å². The molecule has 3 amide bonds. The smallest absolute Gasteiger partial charge is 0.272 e. The number of methoxy groups -OCH3 is 3. The Kier molecular flexibility index (Phi) is 11.7. The molecule has 1 heterocycles. The third-order valence-electron chi connectivity index (χ3n) is 7.18. The summed E-state index contributed by atoms with van der Waals surface area (Å²) in [5.41, 5.74) is 3.13. The van der Waals surface area contributed by atoms with E-state index in [4.69, 9.17) is 14.2 Å². The first-order valence-electron chi connectivity index (χ1n) is 15.1. The number of anilines is 2. The number of aromatic nitrogens is 1. The van der Waals surface area contributed by atoms with Crippen molar-refractivity contribution in [2.75, 3.05) is 32.0 Å². The molecule has 4 aromatic carbocycles. The van der Waals surface area contributed by atoms with Crippen molar-refractivity contribution >= 4 is 57.7 Å². The molecule has 0 fully saturated rings. The van der Waals surface area contributed by atoms with E-state index in [1.807, 2.05) is 60.8 Å². The SMILES string of the molecule is COc1ccccc1/C=C(\NC(=O)c1ccccc1)C(=O)Nc1ccc(SC(C)C(=O)Nc2nc(-c3ccc(OC)c(OC)c3)cs2)cc1. The van der Waals surface area contributed by atoms with Crippen molar-refractivity contribution in [3.05, 3.63) is 119 Å². The Morgan fingerprint density at radius 1 is 0.796 bits per heavy atom. The summed E-state index contributed by atoms with van der Waals surface area (Å²) in [6, 6.07) is 28.5. The summed E-state index contributed by atoms with van der Waals surface area (Å²) in [7, 11) is 4.69. The predicted octanol–water partition coefficient (Wildman–Crippen LogP) is 7.36. The quantitative estimate of drug-likeness (QED) is 0.0862. The number of rotatable bonds is 13. The lowest BCUT2D eigenvalue weighted by atomic mass is 10.1. The lowest BCUT2D eigenvalue weighted by Gasteiger charge is -2.13. The first-order valence-corrected chi connectivity index (χ1v) is 16.8. The van der Waals surface area contributed by atoms with Gasteiger partial charge in [0.05, 0.1) is 32.3 Å². The average molecular weight is 695 g/mol. The number of benzene rings is 4. The fourth-order valence-electron chi connectivity index (χ4n) is 4.62. The molecule has 0 aliphatic heterocycles. The molecule has 5 aromatic rings. The zero-order chi connectivity index (χ0) is 34.8. The molecule has 0 spiro atoms. The molecule has 1 atom stereocenters. The molecule has 1 unspecified atom stereocenters. The van der Waals surface area contributed by atoms with Gasteiger partial charge in [0.2, 0.25) is 5.91 Å². The van der Waals surface area contributed by atoms with Crippen LogP contribution in [0.1, 0.15) is 22.8 Å². The zero-order valence-corrected chi connectivity index (χ0v) is 28.8. The maximum Gasteiger partial charge on any atom is 0.272 e. The van der Waals surface area contributed by atoms with Crippen LogP contribution in [-0.2, 0) is 9.59 Å². The van der Waals surface area contributed by atoms with Gasteiger partial charge < -0.3 is 30.2 Å². The molecule has 1 aromatic heterocycles. The number of hydrogen-bond donors (Lipinski definition) is 3. The van der Waals surface area contributed by atoms with E-state index >= 15 is 0 Å². The highest BCUT2D eigenvalue weighted by molar-refractivity contribution is 8.00. The number of thioether (sulfide) groups is 1. The van der Waals surface area contributed by atoms with Crippen molar-refractivity contribution in [2.45, 2.75) is 17.1 Å². The summed E-state index contributed by atoms with van der Waals surface area (Å²) in [5, 5.41) is 10.4. The molecule has 5 rings (SSSR count). The van der Waals surface area contributed by atoms with E-state index in [1.54, 1.807) is 68.8 Å². The Morgan fingerprint density at radius 3 is 2.20 bits per heavy atom.